The van der Waals surface area contributed by atoms with Crippen LogP contribution in [0.5, 0.6) is 17.2 Å². The van der Waals surface area contributed by atoms with Gasteiger partial charge in [0.1, 0.15) is 5.75 Å². The summed E-state index contributed by atoms with van der Waals surface area (Å²) in [7, 11) is 0. The second kappa shape index (κ2) is 3.40. The van der Waals surface area contributed by atoms with E-state index in [4.69, 9.17) is 0 Å². The Morgan fingerprint density at radius 3 is 2.21 bits per heavy atom. The van der Waals surface area contributed by atoms with Crippen molar-refractivity contribution in [3.05, 3.63) is 17.7 Å². The van der Waals surface area contributed by atoms with Crippen molar-refractivity contribution >= 4 is 0 Å². The highest BCUT2D eigenvalue weighted by Gasteiger charge is 2.24. The van der Waals surface area contributed by atoms with Crippen LogP contribution in [0.25, 0.3) is 0 Å². The smallest absolute Gasteiger partial charge is 0.161 e. The van der Waals surface area contributed by atoms with Crippen molar-refractivity contribution in [3.63, 3.8) is 0 Å². The monoisotopic (exact) mass is 196 g/mol. The molecule has 0 heterocycles. The first-order chi connectivity index (χ1) is 6.38. The molecule has 0 saturated carbocycles. The predicted molar refractivity (Wildman–Crippen MR) is 54.8 cm³/mol. The van der Waals surface area contributed by atoms with Gasteiger partial charge in [-0.1, -0.05) is 20.8 Å². The molecule has 0 atom stereocenters. The molecule has 0 spiro atoms. The molecule has 0 radical (unpaired) electrons. The molecule has 0 aromatic heterocycles. The number of phenols is 3. The van der Waals surface area contributed by atoms with Crippen LogP contribution >= 0.6 is 0 Å². The van der Waals surface area contributed by atoms with Crippen LogP contribution in [0.15, 0.2) is 12.1 Å². The fourth-order valence-corrected chi connectivity index (χ4v) is 1.31. The molecule has 3 N–H and O–H groups in total. The average Bonchev–Trinajstić information content (AvgIpc) is 2.11. The minimum atomic E-state index is -0.276. The van der Waals surface area contributed by atoms with E-state index in [9.17, 15) is 15.3 Å². The molecular formula is C11H16O3. The molecule has 0 aliphatic heterocycles. The number of benzene rings is 1. The summed E-state index contributed by atoms with van der Waals surface area (Å²) in [5.74, 6) is -0.451. The summed E-state index contributed by atoms with van der Waals surface area (Å²) >= 11 is 0. The molecule has 78 valence electrons. The normalized spacial score (nSPS) is 11.6. The SMILES string of the molecule is CCC(C)(C)c1cc(O)cc(O)c1O. The average molecular weight is 196 g/mol. The third-order valence-electron chi connectivity index (χ3n) is 2.69. The first-order valence-corrected chi connectivity index (χ1v) is 4.64. The molecule has 1 aromatic carbocycles. The van der Waals surface area contributed by atoms with Crippen LogP contribution in [0.3, 0.4) is 0 Å². The van der Waals surface area contributed by atoms with Crippen molar-refractivity contribution in [2.75, 3.05) is 0 Å². The fourth-order valence-electron chi connectivity index (χ4n) is 1.31. The van der Waals surface area contributed by atoms with Gasteiger partial charge in [0.05, 0.1) is 0 Å². The van der Waals surface area contributed by atoms with Crippen LogP contribution in [0.2, 0.25) is 0 Å². The van der Waals surface area contributed by atoms with Crippen molar-refractivity contribution in [1.82, 2.24) is 0 Å². The highest BCUT2D eigenvalue weighted by molar-refractivity contribution is 5.52. The Morgan fingerprint density at radius 2 is 1.71 bits per heavy atom. The van der Waals surface area contributed by atoms with Crippen molar-refractivity contribution in [3.8, 4) is 17.2 Å². The number of aromatic hydroxyl groups is 3. The lowest BCUT2D eigenvalue weighted by Crippen LogP contribution is -2.15. The second-order valence-electron chi connectivity index (χ2n) is 4.10. The highest BCUT2D eigenvalue weighted by atomic mass is 16.3. The van der Waals surface area contributed by atoms with Gasteiger partial charge in [0.2, 0.25) is 0 Å². The Bertz CT molecular complexity index is 343. The largest absolute Gasteiger partial charge is 0.508 e. The Hall–Kier alpha value is -1.38. The molecule has 1 rings (SSSR count). The Morgan fingerprint density at radius 1 is 1.14 bits per heavy atom. The van der Waals surface area contributed by atoms with E-state index in [1.54, 1.807) is 0 Å². The molecule has 0 amide bonds. The maximum absolute atomic E-state index is 9.63. The topological polar surface area (TPSA) is 60.7 Å². The summed E-state index contributed by atoms with van der Waals surface area (Å²) in [6, 6.07) is 2.61. The Kier molecular flexibility index (Phi) is 2.60. The van der Waals surface area contributed by atoms with Gasteiger partial charge in [0.25, 0.3) is 0 Å². The third-order valence-corrected chi connectivity index (χ3v) is 2.69. The zero-order valence-electron chi connectivity index (χ0n) is 8.70. The lowest BCUT2D eigenvalue weighted by atomic mass is 9.81. The quantitative estimate of drug-likeness (QED) is 0.503. The molecule has 0 bridgehead atoms. The molecule has 3 nitrogen and oxygen atoms in total. The Balaban J connectivity index is 3.34. The maximum Gasteiger partial charge on any atom is 0.161 e. The predicted octanol–water partition coefficient (Wildman–Crippen LogP) is 2.49. The van der Waals surface area contributed by atoms with Crippen LogP contribution in [-0.4, -0.2) is 15.3 Å². The van der Waals surface area contributed by atoms with E-state index in [1.807, 2.05) is 20.8 Å². The maximum atomic E-state index is 9.63. The van der Waals surface area contributed by atoms with Gasteiger partial charge < -0.3 is 15.3 Å². The van der Waals surface area contributed by atoms with Gasteiger partial charge in [-0.15, -0.1) is 0 Å². The zero-order chi connectivity index (χ0) is 10.9. The van der Waals surface area contributed by atoms with Crippen molar-refractivity contribution in [2.24, 2.45) is 0 Å². The Labute approximate surface area is 83.6 Å². The van der Waals surface area contributed by atoms with Gasteiger partial charge in [-0.2, -0.15) is 0 Å². The second-order valence-corrected chi connectivity index (χ2v) is 4.10. The summed E-state index contributed by atoms with van der Waals surface area (Å²) in [5.41, 5.74) is 0.304. The number of rotatable bonds is 2. The lowest BCUT2D eigenvalue weighted by molar-refractivity contribution is 0.374. The first kappa shape index (κ1) is 10.7. The molecular weight excluding hydrogens is 180 g/mol. The van der Waals surface area contributed by atoms with Crippen LogP contribution in [-0.2, 0) is 5.41 Å². The number of phenolic OH excluding ortho intramolecular Hbond substituents is 3. The minimum Gasteiger partial charge on any atom is -0.508 e. The van der Waals surface area contributed by atoms with E-state index >= 15 is 0 Å². The summed E-state index contributed by atoms with van der Waals surface area (Å²) in [6.45, 7) is 5.88. The molecule has 14 heavy (non-hydrogen) atoms. The van der Waals surface area contributed by atoms with Crippen LogP contribution < -0.4 is 0 Å². The zero-order valence-corrected chi connectivity index (χ0v) is 8.70. The first-order valence-electron chi connectivity index (χ1n) is 4.64. The third kappa shape index (κ3) is 1.76. The van der Waals surface area contributed by atoms with E-state index in [1.165, 1.54) is 6.07 Å². The van der Waals surface area contributed by atoms with Crippen molar-refractivity contribution in [2.45, 2.75) is 32.6 Å². The van der Waals surface area contributed by atoms with Crippen LogP contribution in [0.4, 0.5) is 0 Å². The lowest BCUT2D eigenvalue weighted by Gasteiger charge is -2.24. The van der Waals surface area contributed by atoms with Crippen LogP contribution in [0, 0.1) is 0 Å². The standard InChI is InChI=1S/C11H16O3/c1-4-11(2,3)8-5-7(12)6-9(13)10(8)14/h5-6,12-14H,4H2,1-3H3. The number of hydrogen-bond donors (Lipinski definition) is 3. The van der Waals surface area contributed by atoms with Gasteiger partial charge in [-0.05, 0) is 17.9 Å². The number of hydrogen-bond acceptors (Lipinski definition) is 3. The summed E-state index contributed by atoms with van der Waals surface area (Å²) in [5, 5.41) is 28.3. The fraction of sp³-hybridized carbons (Fsp3) is 0.455. The van der Waals surface area contributed by atoms with Gasteiger partial charge in [0.15, 0.2) is 11.5 Å². The molecule has 1 aromatic rings. The van der Waals surface area contributed by atoms with Gasteiger partial charge in [-0.25, -0.2) is 0 Å². The van der Waals surface area contributed by atoms with E-state index in [-0.39, 0.29) is 22.7 Å². The minimum absolute atomic E-state index is 0.0307. The molecule has 0 unspecified atom stereocenters. The van der Waals surface area contributed by atoms with E-state index in [0.717, 1.165) is 12.5 Å². The summed E-state index contributed by atoms with van der Waals surface area (Å²) in [6.07, 6.45) is 0.809. The van der Waals surface area contributed by atoms with E-state index < -0.39 is 0 Å². The molecule has 0 saturated heterocycles. The van der Waals surface area contributed by atoms with Gasteiger partial charge in [-0.3, -0.25) is 0 Å². The van der Waals surface area contributed by atoms with Crippen LogP contribution in [0.1, 0.15) is 32.8 Å². The molecule has 0 fully saturated rings. The molecule has 0 aliphatic carbocycles. The van der Waals surface area contributed by atoms with Crippen molar-refractivity contribution < 1.29 is 15.3 Å². The summed E-state index contributed by atoms with van der Waals surface area (Å²) in [4.78, 5) is 0. The molecule has 3 heteroatoms. The van der Waals surface area contributed by atoms with Gasteiger partial charge >= 0.3 is 0 Å². The summed E-state index contributed by atoms with van der Waals surface area (Å²) < 4.78 is 0. The van der Waals surface area contributed by atoms with E-state index in [0.29, 0.717) is 5.56 Å². The van der Waals surface area contributed by atoms with Gasteiger partial charge in [0, 0.05) is 11.6 Å². The van der Waals surface area contributed by atoms with Crippen molar-refractivity contribution in [1.29, 1.82) is 0 Å². The van der Waals surface area contributed by atoms with E-state index in [2.05, 4.69) is 0 Å². The molecule has 0 aliphatic rings. The highest BCUT2D eigenvalue weighted by Crippen LogP contribution is 2.41.